The van der Waals surface area contributed by atoms with Crippen molar-refractivity contribution in [1.82, 2.24) is 14.2 Å². The molecule has 1 saturated heterocycles. The van der Waals surface area contributed by atoms with Gasteiger partial charge in [0, 0.05) is 38.6 Å². The summed E-state index contributed by atoms with van der Waals surface area (Å²) in [6.45, 7) is 1.10. The van der Waals surface area contributed by atoms with Crippen LogP contribution in [0.5, 0.6) is 0 Å². The van der Waals surface area contributed by atoms with Crippen LogP contribution in [0, 0.1) is 0 Å². The molecule has 29 heavy (non-hydrogen) atoms. The lowest BCUT2D eigenvalue weighted by molar-refractivity contribution is 0.0674. The smallest absolute Gasteiger partial charge is 0.336 e. The maximum Gasteiger partial charge on any atom is 0.336 e. The zero-order valence-corrected chi connectivity index (χ0v) is 16.7. The Morgan fingerprint density at radius 2 is 1.76 bits per heavy atom. The number of benzene rings is 1. The van der Waals surface area contributed by atoms with Crippen molar-refractivity contribution in [1.29, 1.82) is 0 Å². The van der Waals surface area contributed by atoms with Crippen molar-refractivity contribution in [3.05, 3.63) is 65.5 Å². The van der Waals surface area contributed by atoms with E-state index in [0.29, 0.717) is 13.1 Å². The predicted octanol–water partition coefficient (Wildman–Crippen LogP) is 1.85. The lowest BCUT2D eigenvalue weighted by atomic mass is 10.1. The van der Waals surface area contributed by atoms with E-state index < -0.39 is 21.9 Å². The van der Waals surface area contributed by atoms with E-state index in [1.165, 1.54) is 21.3 Å². The Labute approximate surface area is 169 Å². The van der Waals surface area contributed by atoms with E-state index in [2.05, 4.69) is 4.98 Å². The topological polar surface area (TPSA) is 108 Å². The van der Waals surface area contributed by atoms with Crippen LogP contribution in [0.4, 0.5) is 0 Å². The summed E-state index contributed by atoms with van der Waals surface area (Å²) in [5.41, 5.74) is 0.644. The summed E-state index contributed by atoms with van der Waals surface area (Å²) >= 11 is 0. The number of carboxylic acids is 1. The van der Waals surface area contributed by atoms with Gasteiger partial charge >= 0.3 is 5.97 Å². The molecule has 8 nitrogen and oxygen atoms in total. The highest BCUT2D eigenvalue weighted by Crippen LogP contribution is 2.17. The maximum absolute atomic E-state index is 13.1. The minimum atomic E-state index is -3.48. The van der Waals surface area contributed by atoms with Gasteiger partial charge in [-0.2, -0.15) is 0 Å². The molecule has 0 radical (unpaired) electrons. The molecule has 1 aliphatic rings. The number of rotatable bonds is 8. The lowest BCUT2D eigenvalue weighted by Gasteiger charge is -2.25. The number of carbonyl (C=O) groups is 2. The second kappa shape index (κ2) is 9.15. The number of amides is 1. The van der Waals surface area contributed by atoms with Gasteiger partial charge in [-0.3, -0.25) is 9.78 Å². The maximum atomic E-state index is 13.1. The third-order valence-corrected chi connectivity index (χ3v) is 6.70. The van der Waals surface area contributed by atoms with Gasteiger partial charge in [-0.15, -0.1) is 0 Å². The van der Waals surface area contributed by atoms with Gasteiger partial charge in [0.15, 0.2) is 0 Å². The second-order valence-corrected chi connectivity index (χ2v) is 8.95. The Hall–Kier alpha value is -2.78. The number of carboxylic acid groups (broad SMARTS) is 1. The van der Waals surface area contributed by atoms with Crippen LogP contribution in [0.2, 0.25) is 0 Å². The van der Waals surface area contributed by atoms with Crippen molar-refractivity contribution in [2.75, 3.05) is 25.4 Å². The van der Waals surface area contributed by atoms with Crippen molar-refractivity contribution in [3.8, 4) is 0 Å². The number of carbonyl (C=O) groups excluding carboxylic acids is 1. The predicted molar refractivity (Wildman–Crippen MR) is 107 cm³/mol. The molecule has 0 spiro atoms. The largest absolute Gasteiger partial charge is 0.478 e. The van der Waals surface area contributed by atoms with Crippen molar-refractivity contribution in [3.63, 3.8) is 0 Å². The van der Waals surface area contributed by atoms with Crippen LogP contribution in [0.3, 0.4) is 0 Å². The molecule has 3 rings (SSSR count). The van der Waals surface area contributed by atoms with Crippen molar-refractivity contribution in [2.45, 2.75) is 19.4 Å². The molecule has 2 heterocycles. The summed E-state index contributed by atoms with van der Waals surface area (Å²) < 4.78 is 26.7. The lowest BCUT2D eigenvalue weighted by Crippen LogP contribution is -2.39. The minimum Gasteiger partial charge on any atom is -0.478 e. The van der Waals surface area contributed by atoms with Crippen LogP contribution >= 0.6 is 0 Å². The number of nitrogens with zero attached hydrogens (tertiary/aromatic N) is 3. The molecule has 1 amide bonds. The summed E-state index contributed by atoms with van der Waals surface area (Å²) in [6.07, 6.45) is 4.87. The van der Waals surface area contributed by atoms with Gasteiger partial charge in [0.2, 0.25) is 10.0 Å². The van der Waals surface area contributed by atoms with Crippen LogP contribution in [0.15, 0.2) is 48.8 Å². The van der Waals surface area contributed by atoms with E-state index >= 15 is 0 Å². The van der Waals surface area contributed by atoms with Gasteiger partial charge in [-0.25, -0.2) is 17.5 Å². The van der Waals surface area contributed by atoms with Crippen molar-refractivity contribution >= 4 is 21.9 Å². The zero-order chi connectivity index (χ0) is 20.9. The van der Waals surface area contributed by atoms with Gasteiger partial charge in [-0.1, -0.05) is 18.2 Å². The number of aromatic carboxylic acids is 1. The van der Waals surface area contributed by atoms with Gasteiger partial charge in [0.1, 0.15) is 0 Å². The van der Waals surface area contributed by atoms with E-state index in [0.717, 1.165) is 18.4 Å². The molecule has 1 fully saturated rings. The van der Waals surface area contributed by atoms with Gasteiger partial charge < -0.3 is 10.0 Å². The van der Waals surface area contributed by atoms with E-state index in [1.807, 2.05) is 0 Å². The number of pyridine rings is 1. The second-order valence-electron chi connectivity index (χ2n) is 6.86. The van der Waals surface area contributed by atoms with E-state index in [1.54, 1.807) is 36.7 Å². The molecule has 2 aromatic rings. The fraction of sp³-hybridized carbons (Fsp3) is 0.350. The highest BCUT2D eigenvalue weighted by molar-refractivity contribution is 7.89. The first-order chi connectivity index (χ1) is 13.9. The van der Waals surface area contributed by atoms with Gasteiger partial charge in [0.25, 0.3) is 5.91 Å². The van der Waals surface area contributed by atoms with Gasteiger partial charge in [-0.05, 0) is 36.6 Å². The first kappa shape index (κ1) is 20.9. The molecule has 0 unspecified atom stereocenters. The first-order valence-corrected chi connectivity index (χ1v) is 11.0. The molecule has 1 aromatic heterocycles. The summed E-state index contributed by atoms with van der Waals surface area (Å²) in [5, 5.41) is 9.41. The normalized spacial score (nSPS) is 14.6. The molecule has 154 valence electrons. The minimum absolute atomic E-state index is 0.0301. The molecule has 0 atom stereocenters. The Morgan fingerprint density at radius 1 is 1.07 bits per heavy atom. The third kappa shape index (κ3) is 5.18. The van der Waals surface area contributed by atoms with E-state index in [-0.39, 0.29) is 30.0 Å². The highest BCUT2D eigenvalue weighted by atomic mass is 32.2. The number of hydrogen-bond acceptors (Lipinski definition) is 5. The Balaban J connectivity index is 1.85. The average Bonchev–Trinajstić information content (AvgIpc) is 3.27. The van der Waals surface area contributed by atoms with Crippen molar-refractivity contribution in [2.24, 2.45) is 0 Å². The first-order valence-electron chi connectivity index (χ1n) is 9.37. The Kier molecular flexibility index (Phi) is 6.60. The molecule has 0 aliphatic carbocycles. The summed E-state index contributed by atoms with van der Waals surface area (Å²) in [5.74, 6) is -1.95. The van der Waals surface area contributed by atoms with Crippen LogP contribution in [-0.2, 0) is 16.6 Å². The molecule has 1 aliphatic heterocycles. The zero-order valence-electron chi connectivity index (χ0n) is 15.9. The summed E-state index contributed by atoms with van der Waals surface area (Å²) in [4.78, 5) is 30.1. The average molecular weight is 417 g/mol. The standard InChI is InChI=1S/C20H23N3O5S/c24-19(17-7-1-2-8-18(17)20(25)26)22(15-16-6-5-9-21-14-16)12-13-29(27,28)23-10-3-4-11-23/h1-2,5-9,14H,3-4,10-13,15H2,(H,25,26). The Morgan fingerprint density at radius 3 is 2.38 bits per heavy atom. The Bertz CT molecular complexity index is 973. The monoisotopic (exact) mass is 417 g/mol. The molecule has 1 N–H and O–H groups in total. The molecule has 9 heteroatoms. The quantitative estimate of drug-likeness (QED) is 0.702. The van der Waals surface area contributed by atoms with Crippen LogP contribution < -0.4 is 0 Å². The summed E-state index contributed by atoms with van der Waals surface area (Å²) in [6, 6.07) is 9.44. The van der Waals surface area contributed by atoms with Crippen LogP contribution in [0.25, 0.3) is 0 Å². The SMILES string of the molecule is O=C(O)c1ccccc1C(=O)N(CCS(=O)(=O)N1CCCC1)Cc1cccnc1. The van der Waals surface area contributed by atoms with Gasteiger partial charge in [0.05, 0.1) is 16.9 Å². The fourth-order valence-electron chi connectivity index (χ4n) is 3.31. The number of hydrogen-bond donors (Lipinski definition) is 1. The highest BCUT2D eigenvalue weighted by Gasteiger charge is 2.28. The van der Waals surface area contributed by atoms with E-state index in [9.17, 15) is 23.1 Å². The van der Waals surface area contributed by atoms with Crippen LogP contribution in [-0.4, -0.2) is 65.0 Å². The molecule has 0 saturated carbocycles. The third-order valence-electron chi connectivity index (χ3n) is 4.85. The van der Waals surface area contributed by atoms with E-state index in [4.69, 9.17) is 0 Å². The summed E-state index contributed by atoms with van der Waals surface area (Å²) in [7, 11) is -3.48. The number of aromatic nitrogens is 1. The van der Waals surface area contributed by atoms with Crippen molar-refractivity contribution < 1.29 is 23.1 Å². The molecule has 1 aromatic carbocycles. The number of sulfonamides is 1. The van der Waals surface area contributed by atoms with Crippen LogP contribution in [0.1, 0.15) is 39.1 Å². The molecule has 0 bridgehead atoms. The molecular weight excluding hydrogens is 394 g/mol. The fourth-order valence-corrected chi connectivity index (χ4v) is 4.84. The molecular formula is C20H23N3O5S.